The molecule has 35 heavy (non-hydrogen) atoms. The molecule has 3 amide bonds. The Morgan fingerprint density at radius 2 is 1.91 bits per heavy atom. The molecule has 1 N–H and O–H groups in total. The number of thiazole rings is 1. The van der Waals surface area contributed by atoms with Gasteiger partial charge in [0.15, 0.2) is 5.82 Å². The maximum atomic E-state index is 13.0. The van der Waals surface area contributed by atoms with Crippen LogP contribution in [0.3, 0.4) is 0 Å². The third kappa shape index (κ3) is 3.91. The average Bonchev–Trinajstić information content (AvgIpc) is 3.48. The molecule has 0 bridgehead atoms. The van der Waals surface area contributed by atoms with Gasteiger partial charge in [-0.1, -0.05) is 17.9 Å². The number of carbonyl (C=O) groups is 3. The molecule has 3 aliphatic heterocycles. The van der Waals surface area contributed by atoms with Gasteiger partial charge in [-0.15, -0.1) is 11.3 Å². The quantitative estimate of drug-likeness (QED) is 0.437. The molecule has 2 aromatic heterocycles. The van der Waals surface area contributed by atoms with E-state index in [9.17, 15) is 14.4 Å². The Labute approximate surface area is 205 Å². The molecule has 3 aliphatic rings. The average molecular weight is 487 g/mol. The summed E-state index contributed by atoms with van der Waals surface area (Å²) in [5, 5.41) is 2.34. The molecule has 3 aromatic rings. The fourth-order valence-corrected chi connectivity index (χ4v) is 5.65. The minimum Gasteiger partial charge on any atom is -0.355 e. The largest absolute Gasteiger partial charge is 0.355 e. The number of nitrogens with one attached hydrogen (secondary N) is 1. The lowest BCUT2D eigenvalue weighted by Crippen LogP contribution is -2.52. The van der Waals surface area contributed by atoms with Crippen LogP contribution in [-0.2, 0) is 16.1 Å². The number of anilines is 1. The summed E-state index contributed by atoms with van der Waals surface area (Å²) in [5.41, 5.74) is 4.93. The predicted molar refractivity (Wildman–Crippen MR) is 130 cm³/mol. The number of amides is 3. The third-order valence-corrected chi connectivity index (χ3v) is 7.64. The molecule has 2 saturated heterocycles. The topological polar surface area (TPSA) is 108 Å². The van der Waals surface area contributed by atoms with E-state index in [0.717, 1.165) is 53.2 Å². The van der Waals surface area contributed by atoms with Gasteiger partial charge in [-0.25, -0.2) is 15.0 Å². The highest BCUT2D eigenvalue weighted by Crippen LogP contribution is 2.30. The van der Waals surface area contributed by atoms with Crippen LogP contribution < -0.4 is 10.2 Å². The number of aromatic nitrogens is 3. The van der Waals surface area contributed by atoms with Crippen molar-refractivity contribution in [3.05, 3.63) is 46.7 Å². The highest BCUT2D eigenvalue weighted by Gasteiger charge is 2.39. The Morgan fingerprint density at radius 1 is 1.06 bits per heavy atom. The second-order valence-corrected chi connectivity index (χ2v) is 9.80. The zero-order valence-electron chi connectivity index (χ0n) is 18.9. The van der Waals surface area contributed by atoms with Gasteiger partial charge in [0.25, 0.3) is 5.91 Å². The molecule has 0 radical (unpaired) electrons. The van der Waals surface area contributed by atoms with Crippen molar-refractivity contribution >= 4 is 45.2 Å². The van der Waals surface area contributed by atoms with Crippen LogP contribution in [0.15, 0.2) is 30.0 Å². The summed E-state index contributed by atoms with van der Waals surface area (Å²) in [4.78, 5) is 54.7. The predicted octanol–water partition coefficient (Wildman–Crippen LogP) is 2.12. The Hall–Kier alpha value is -3.84. The van der Waals surface area contributed by atoms with Crippen molar-refractivity contribution in [2.45, 2.75) is 38.3 Å². The summed E-state index contributed by atoms with van der Waals surface area (Å²) in [6, 6.07) is 4.94. The molecular formula is C25H22N6O3S. The van der Waals surface area contributed by atoms with Gasteiger partial charge in [0.05, 0.1) is 5.51 Å². The van der Waals surface area contributed by atoms with Crippen molar-refractivity contribution in [1.82, 2.24) is 25.2 Å². The van der Waals surface area contributed by atoms with Gasteiger partial charge in [-0.05, 0) is 37.0 Å². The van der Waals surface area contributed by atoms with Crippen molar-refractivity contribution < 1.29 is 14.4 Å². The van der Waals surface area contributed by atoms with Gasteiger partial charge in [0.1, 0.15) is 22.7 Å². The number of benzene rings is 1. The second kappa shape index (κ2) is 8.74. The summed E-state index contributed by atoms with van der Waals surface area (Å²) in [7, 11) is 0. The molecule has 0 spiro atoms. The zero-order chi connectivity index (χ0) is 23.9. The molecule has 6 rings (SSSR count). The van der Waals surface area contributed by atoms with Crippen molar-refractivity contribution in [2.24, 2.45) is 5.92 Å². The Kier molecular flexibility index (Phi) is 5.41. The number of hydrogen-bond donors (Lipinski definition) is 1. The van der Waals surface area contributed by atoms with Crippen LogP contribution >= 0.6 is 11.3 Å². The highest BCUT2D eigenvalue weighted by atomic mass is 32.1. The van der Waals surface area contributed by atoms with Crippen LogP contribution in [0, 0.1) is 17.8 Å². The van der Waals surface area contributed by atoms with E-state index < -0.39 is 11.9 Å². The lowest BCUT2D eigenvalue weighted by molar-refractivity contribution is -0.136. The van der Waals surface area contributed by atoms with Gasteiger partial charge in [0.2, 0.25) is 11.8 Å². The van der Waals surface area contributed by atoms with E-state index >= 15 is 0 Å². The summed E-state index contributed by atoms with van der Waals surface area (Å²) in [6.07, 6.45) is 4.02. The first kappa shape index (κ1) is 21.7. The molecular weight excluding hydrogens is 464 g/mol. The van der Waals surface area contributed by atoms with E-state index in [4.69, 9.17) is 0 Å². The molecule has 176 valence electrons. The number of rotatable bonds is 2. The Bertz CT molecular complexity index is 1420. The highest BCUT2D eigenvalue weighted by molar-refractivity contribution is 7.16. The molecule has 1 aromatic carbocycles. The van der Waals surface area contributed by atoms with Crippen LogP contribution in [0.2, 0.25) is 0 Å². The second-order valence-electron chi connectivity index (χ2n) is 8.97. The molecule has 1 atom stereocenters. The van der Waals surface area contributed by atoms with Crippen LogP contribution in [0.1, 0.15) is 47.2 Å². The molecule has 2 fully saturated rings. The van der Waals surface area contributed by atoms with E-state index in [1.54, 1.807) is 22.8 Å². The van der Waals surface area contributed by atoms with Gasteiger partial charge in [0, 0.05) is 43.1 Å². The smallest absolute Gasteiger partial charge is 0.255 e. The SMILES string of the molecule is O=C1CCC(N2Cc3c(C#CC4CCN(c5ncnc6scnc56)CC4)cccc3C2=O)C(=O)N1. The maximum Gasteiger partial charge on any atom is 0.255 e. The van der Waals surface area contributed by atoms with E-state index in [-0.39, 0.29) is 24.2 Å². The van der Waals surface area contributed by atoms with Crippen molar-refractivity contribution in [3.63, 3.8) is 0 Å². The number of imide groups is 1. The molecule has 1 unspecified atom stereocenters. The van der Waals surface area contributed by atoms with E-state index in [1.165, 1.54) is 11.3 Å². The van der Waals surface area contributed by atoms with Gasteiger partial charge in [-0.3, -0.25) is 19.7 Å². The molecule has 5 heterocycles. The number of hydrogen-bond acceptors (Lipinski definition) is 8. The Balaban J connectivity index is 1.16. The van der Waals surface area contributed by atoms with Gasteiger partial charge < -0.3 is 9.80 Å². The standard InChI is InChI=1S/C25H22N6O3S/c32-20-7-6-19(23(33)29-20)31-12-18-16(2-1-3-17(18)25(31)34)5-4-15-8-10-30(11-9-15)22-21-24(27-13-26-22)35-14-28-21/h1-3,13-15,19H,6-12H2,(H,29,32,33). The number of carbonyl (C=O) groups excluding carboxylic acids is 3. The van der Waals surface area contributed by atoms with Crippen LogP contribution in [0.4, 0.5) is 5.82 Å². The first-order chi connectivity index (χ1) is 17.1. The molecule has 9 nitrogen and oxygen atoms in total. The summed E-state index contributed by atoms with van der Waals surface area (Å²) in [5.74, 6) is 7.00. The number of piperidine rings is 2. The van der Waals surface area contributed by atoms with Crippen molar-refractivity contribution in [1.29, 1.82) is 0 Å². The van der Waals surface area contributed by atoms with E-state index in [2.05, 4.69) is 37.0 Å². The molecule has 0 aliphatic carbocycles. The lowest BCUT2D eigenvalue weighted by Gasteiger charge is -2.30. The van der Waals surface area contributed by atoms with Crippen LogP contribution in [0.5, 0.6) is 0 Å². The minimum absolute atomic E-state index is 0.176. The van der Waals surface area contributed by atoms with E-state index in [1.807, 2.05) is 12.1 Å². The third-order valence-electron chi connectivity index (χ3n) is 6.90. The number of fused-ring (bicyclic) bond motifs is 2. The van der Waals surface area contributed by atoms with Crippen molar-refractivity contribution in [3.8, 4) is 11.8 Å². The molecule has 10 heteroatoms. The minimum atomic E-state index is -0.622. The summed E-state index contributed by atoms with van der Waals surface area (Å²) < 4.78 is 0. The fraction of sp³-hybridized carbons (Fsp3) is 0.360. The zero-order valence-corrected chi connectivity index (χ0v) is 19.7. The monoisotopic (exact) mass is 486 g/mol. The maximum absolute atomic E-state index is 13.0. The van der Waals surface area contributed by atoms with E-state index in [0.29, 0.717) is 18.5 Å². The first-order valence-electron chi connectivity index (χ1n) is 11.7. The molecule has 0 saturated carbocycles. The summed E-state index contributed by atoms with van der Waals surface area (Å²) >= 11 is 1.52. The fourth-order valence-electron chi connectivity index (χ4n) is 5.03. The van der Waals surface area contributed by atoms with Crippen LogP contribution in [0.25, 0.3) is 10.3 Å². The summed E-state index contributed by atoms with van der Waals surface area (Å²) in [6.45, 7) is 2.02. The van der Waals surface area contributed by atoms with Gasteiger partial charge in [-0.2, -0.15) is 0 Å². The lowest BCUT2D eigenvalue weighted by atomic mass is 9.96. The van der Waals surface area contributed by atoms with Gasteiger partial charge >= 0.3 is 0 Å². The first-order valence-corrected chi connectivity index (χ1v) is 12.5. The number of nitrogens with zero attached hydrogens (tertiary/aromatic N) is 5. The van der Waals surface area contributed by atoms with Crippen molar-refractivity contribution in [2.75, 3.05) is 18.0 Å². The normalized spacial score (nSPS) is 20.6. The Morgan fingerprint density at radius 3 is 2.74 bits per heavy atom. The van der Waals surface area contributed by atoms with Crippen LogP contribution in [-0.4, -0.2) is 56.7 Å².